The number of nitro groups is 1. The molecule has 0 aromatic heterocycles. The monoisotopic (exact) mass is 282 g/mol. The molecule has 1 N–H and O–H groups in total. The van der Waals surface area contributed by atoms with E-state index >= 15 is 0 Å². The van der Waals surface area contributed by atoms with E-state index in [1.165, 1.54) is 12.1 Å². The third-order valence-electron chi connectivity index (χ3n) is 3.32. The van der Waals surface area contributed by atoms with Crippen LogP contribution in [0.15, 0.2) is 18.2 Å². The van der Waals surface area contributed by atoms with Gasteiger partial charge in [0.05, 0.1) is 4.92 Å². The van der Waals surface area contributed by atoms with Crippen molar-refractivity contribution in [3.05, 3.63) is 39.7 Å². The molecule has 112 valence electrons. The number of nitrogens with one attached hydrogen (secondary N) is 1. The first-order chi connectivity index (χ1) is 9.58. The van der Waals surface area contributed by atoms with E-state index in [-0.39, 0.29) is 5.69 Å². The van der Waals surface area contributed by atoms with Gasteiger partial charge in [0.1, 0.15) is 5.82 Å². The fourth-order valence-corrected chi connectivity index (χ4v) is 2.31. The molecule has 0 radical (unpaired) electrons. The fraction of sp³-hybridized carbons (Fsp3) is 0.600. The molecule has 5 heteroatoms. The third kappa shape index (κ3) is 5.25. The van der Waals surface area contributed by atoms with E-state index in [9.17, 15) is 14.5 Å². The largest absolute Gasteiger partial charge is 0.314 e. The first-order valence-corrected chi connectivity index (χ1v) is 7.24. The maximum Gasteiger partial charge on any atom is 0.272 e. The summed E-state index contributed by atoms with van der Waals surface area (Å²) in [5, 5.41) is 14.4. The van der Waals surface area contributed by atoms with Crippen molar-refractivity contribution in [3.8, 4) is 0 Å². The van der Waals surface area contributed by atoms with Crippen molar-refractivity contribution in [1.82, 2.24) is 5.32 Å². The highest BCUT2D eigenvalue weighted by molar-refractivity contribution is 5.40. The zero-order valence-electron chi connectivity index (χ0n) is 12.2. The number of halogens is 1. The van der Waals surface area contributed by atoms with Crippen LogP contribution in [0.2, 0.25) is 0 Å². The number of rotatable bonds is 9. The van der Waals surface area contributed by atoms with Gasteiger partial charge in [-0.25, -0.2) is 4.39 Å². The Morgan fingerprint density at radius 2 is 2.05 bits per heavy atom. The van der Waals surface area contributed by atoms with Gasteiger partial charge >= 0.3 is 0 Å². The molecule has 0 saturated heterocycles. The molecule has 1 unspecified atom stereocenters. The number of aryl methyl sites for hydroxylation is 1. The molecule has 0 amide bonds. The number of hydrogen-bond acceptors (Lipinski definition) is 3. The van der Waals surface area contributed by atoms with Gasteiger partial charge in [0, 0.05) is 17.7 Å². The molecule has 1 aromatic rings. The van der Waals surface area contributed by atoms with Crippen LogP contribution in [-0.2, 0) is 6.42 Å². The Kier molecular flexibility index (Phi) is 7.15. The van der Waals surface area contributed by atoms with Gasteiger partial charge in [-0.05, 0) is 44.4 Å². The highest BCUT2D eigenvalue weighted by Gasteiger charge is 2.16. The Bertz CT molecular complexity index is 438. The van der Waals surface area contributed by atoms with Gasteiger partial charge in [-0.3, -0.25) is 10.1 Å². The van der Waals surface area contributed by atoms with Crippen molar-refractivity contribution in [2.45, 2.75) is 52.0 Å². The lowest BCUT2D eigenvalue weighted by atomic mass is 10.0. The molecule has 0 saturated carbocycles. The molecule has 0 aliphatic rings. The lowest BCUT2D eigenvalue weighted by molar-refractivity contribution is -0.385. The highest BCUT2D eigenvalue weighted by Crippen LogP contribution is 2.22. The predicted octanol–water partition coefficient (Wildman–Crippen LogP) is 3.83. The Hall–Kier alpha value is -1.49. The normalized spacial score (nSPS) is 12.3. The minimum atomic E-state index is -0.441. The molecule has 0 fully saturated rings. The van der Waals surface area contributed by atoms with Crippen LogP contribution in [0.4, 0.5) is 10.1 Å². The number of nitrogens with zero attached hydrogens (tertiary/aromatic N) is 1. The molecule has 0 aliphatic carbocycles. The van der Waals surface area contributed by atoms with Crippen LogP contribution in [0.25, 0.3) is 0 Å². The second-order valence-electron chi connectivity index (χ2n) is 5.01. The van der Waals surface area contributed by atoms with Crippen LogP contribution in [-0.4, -0.2) is 17.5 Å². The first kappa shape index (κ1) is 16.6. The molecule has 0 spiro atoms. The second-order valence-corrected chi connectivity index (χ2v) is 5.01. The Morgan fingerprint density at radius 1 is 1.30 bits per heavy atom. The van der Waals surface area contributed by atoms with Crippen LogP contribution in [0.1, 0.15) is 45.1 Å². The van der Waals surface area contributed by atoms with E-state index in [2.05, 4.69) is 19.2 Å². The molecule has 4 nitrogen and oxygen atoms in total. The Morgan fingerprint density at radius 3 is 2.65 bits per heavy atom. The standard InChI is InChI=1S/C15H23FN2O2/c1-3-5-14(17-10-4-2)8-6-12-11-13(16)7-9-15(12)18(19)20/h7,9,11,14,17H,3-6,8,10H2,1-2H3. The SMILES string of the molecule is CCCNC(CCC)CCc1cc(F)ccc1[N+](=O)[O-]. The van der Waals surface area contributed by atoms with Gasteiger partial charge < -0.3 is 5.32 Å². The Balaban J connectivity index is 2.70. The summed E-state index contributed by atoms with van der Waals surface area (Å²) in [7, 11) is 0. The van der Waals surface area contributed by atoms with Gasteiger partial charge in [-0.1, -0.05) is 20.3 Å². The summed E-state index contributed by atoms with van der Waals surface area (Å²) in [4.78, 5) is 10.5. The van der Waals surface area contributed by atoms with Crippen LogP contribution in [0.5, 0.6) is 0 Å². The van der Waals surface area contributed by atoms with E-state index in [1.54, 1.807) is 0 Å². The van der Waals surface area contributed by atoms with Crippen molar-refractivity contribution in [1.29, 1.82) is 0 Å². The summed E-state index contributed by atoms with van der Waals surface area (Å²) in [5.74, 6) is -0.417. The van der Waals surface area contributed by atoms with Crippen molar-refractivity contribution in [2.24, 2.45) is 0 Å². The molecule has 1 aromatic carbocycles. The van der Waals surface area contributed by atoms with Crippen molar-refractivity contribution >= 4 is 5.69 Å². The molecule has 1 rings (SSSR count). The summed E-state index contributed by atoms with van der Waals surface area (Å²) in [6.07, 6.45) is 4.46. The van der Waals surface area contributed by atoms with Gasteiger partial charge in [-0.2, -0.15) is 0 Å². The molecular weight excluding hydrogens is 259 g/mol. The number of nitro benzene ring substituents is 1. The molecule has 0 bridgehead atoms. The van der Waals surface area contributed by atoms with Gasteiger partial charge in [0.2, 0.25) is 0 Å². The molecule has 0 aliphatic heterocycles. The fourth-order valence-electron chi connectivity index (χ4n) is 2.31. The number of hydrogen-bond donors (Lipinski definition) is 1. The summed E-state index contributed by atoms with van der Waals surface area (Å²) in [6.45, 7) is 5.16. The quantitative estimate of drug-likeness (QED) is 0.553. The average molecular weight is 282 g/mol. The van der Waals surface area contributed by atoms with Gasteiger partial charge in [0.15, 0.2) is 0 Å². The zero-order valence-corrected chi connectivity index (χ0v) is 12.2. The van der Waals surface area contributed by atoms with E-state index in [0.29, 0.717) is 18.0 Å². The third-order valence-corrected chi connectivity index (χ3v) is 3.32. The summed E-state index contributed by atoms with van der Waals surface area (Å²) in [5.41, 5.74) is 0.492. The number of benzene rings is 1. The minimum absolute atomic E-state index is 0.0112. The van der Waals surface area contributed by atoms with Gasteiger partial charge in [-0.15, -0.1) is 0 Å². The van der Waals surface area contributed by atoms with Crippen molar-refractivity contribution in [3.63, 3.8) is 0 Å². The lowest BCUT2D eigenvalue weighted by Crippen LogP contribution is -2.30. The maximum atomic E-state index is 13.2. The molecule has 0 heterocycles. The summed E-state index contributed by atoms with van der Waals surface area (Å²) < 4.78 is 13.2. The summed E-state index contributed by atoms with van der Waals surface area (Å²) >= 11 is 0. The van der Waals surface area contributed by atoms with E-state index in [1.807, 2.05) is 0 Å². The maximum absolute atomic E-state index is 13.2. The molecular formula is C15H23FN2O2. The average Bonchev–Trinajstić information content (AvgIpc) is 2.41. The second kappa shape index (κ2) is 8.64. The zero-order chi connectivity index (χ0) is 15.0. The van der Waals surface area contributed by atoms with Crippen LogP contribution in [0.3, 0.4) is 0 Å². The molecule has 20 heavy (non-hydrogen) atoms. The minimum Gasteiger partial charge on any atom is -0.314 e. The van der Waals surface area contributed by atoms with E-state index in [0.717, 1.165) is 38.3 Å². The smallest absolute Gasteiger partial charge is 0.272 e. The van der Waals surface area contributed by atoms with Crippen LogP contribution in [0, 0.1) is 15.9 Å². The summed E-state index contributed by atoms with van der Waals surface area (Å²) in [6, 6.07) is 4.00. The molecule has 1 atom stereocenters. The van der Waals surface area contributed by atoms with E-state index < -0.39 is 10.7 Å². The van der Waals surface area contributed by atoms with Gasteiger partial charge in [0.25, 0.3) is 5.69 Å². The van der Waals surface area contributed by atoms with Crippen molar-refractivity contribution in [2.75, 3.05) is 6.54 Å². The predicted molar refractivity (Wildman–Crippen MR) is 78.4 cm³/mol. The highest BCUT2D eigenvalue weighted by atomic mass is 19.1. The van der Waals surface area contributed by atoms with Crippen LogP contribution >= 0.6 is 0 Å². The first-order valence-electron chi connectivity index (χ1n) is 7.24. The lowest BCUT2D eigenvalue weighted by Gasteiger charge is -2.17. The van der Waals surface area contributed by atoms with Crippen LogP contribution < -0.4 is 5.32 Å². The van der Waals surface area contributed by atoms with Crippen molar-refractivity contribution < 1.29 is 9.31 Å². The van der Waals surface area contributed by atoms with E-state index in [4.69, 9.17) is 0 Å². The Labute approximate surface area is 119 Å². The topological polar surface area (TPSA) is 55.2 Å².